The first-order chi connectivity index (χ1) is 21.8. The fraction of sp³-hybridized carbons (Fsp3) is 0.282. The molecule has 4 aromatic heterocycles. The Bertz CT molecular complexity index is 1740. The molecule has 7 heteroatoms. The zero-order valence-electron chi connectivity index (χ0n) is 28.1. The van der Waals surface area contributed by atoms with E-state index >= 15 is 0 Å². The molecule has 0 N–H and O–H groups in total. The molecule has 0 amide bonds. The molecule has 0 saturated heterocycles. The third-order valence-electron chi connectivity index (χ3n) is 9.08. The number of rotatable bonds is 6. The highest BCUT2D eigenvalue weighted by Crippen LogP contribution is 2.55. The minimum atomic E-state index is -0.999. The van der Waals surface area contributed by atoms with Crippen LogP contribution in [0.4, 0.5) is 0 Å². The highest BCUT2D eigenvalue weighted by molar-refractivity contribution is 7.63. The molecule has 1 aliphatic rings. The molecule has 5 nitrogen and oxygen atoms in total. The number of nitrogens with zero attached hydrogens (tertiary/aromatic N) is 4. The fourth-order valence-electron chi connectivity index (χ4n) is 6.32. The quantitative estimate of drug-likeness (QED) is 0.166. The van der Waals surface area contributed by atoms with E-state index in [0.717, 1.165) is 11.5 Å². The Morgan fingerprint density at radius 3 is 1.02 bits per heavy atom. The number of hydrogen-bond donors (Lipinski definition) is 0. The van der Waals surface area contributed by atoms with Gasteiger partial charge in [0.15, 0.2) is 0 Å². The van der Waals surface area contributed by atoms with E-state index in [9.17, 15) is 0 Å². The topological polar surface area (TPSA) is 28.9 Å². The lowest BCUT2D eigenvalue weighted by Crippen LogP contribution is -2.33. The summed E-state index contributed by atoms with van der Waals surface area (Å²) >= 11 is 0. The summed E-state index contributed by atoms with van der Waals surface area (Å²) in [5.74, 6) is 1.97. The van der Waals surface area contributed by atoms with Crippen LogP contribution in [0.25, 0.3) is 0 Å². The monoisotopic (exact) mass is 646 g/mol. The molecule has 0 radical (unpaired) electrons. The zero-order chi connectivity index (χ0) is 32.4. The standard InChI is InChI=1S/C39H44N4OP2/c1-37(2,3)29-25-31-35(33(27-29)45(40-17-9-10-18-40)41-19-11-12-20-41)44-36-32(39(31,7)8)26-30(38(4,5)6)28-34(36)46(42-21-13-14-22-42)43-23-15-16-24-43/h9-28H,1-8H3. The molecule has 2 aromatic carbocycles. The second-order valence-corrected chi connectivity index (χ2v) is 18.8. The van der Waals surface area contributed by atoms with Gasteiger partial charge < -0.3 is 22.1 Å². The largest absolute Gasteiger partial charge is 0.455 e. The van der Waals surface area contributed by atoms with Crippen LogP contribution in [0.15, 0.2) is 122 Å². The van der Waals surface area contributed by atoms with Gasteiger partial charge in [0.2, 0.25) is 0 Å². The molecule has 5 heterocycles. The molecule has 1 aliphatic heterocycles. The van der Waals surface area contributed by atoms with E-state index in [2.05, 4.69) is 195 Å². The van der Waals surface area contributed by atoms with Crippen LogP contribution in [0.1, 0.15) is 77.6 Å². The highest BCUT2D eigenvalue weighted by Gasteiger charge is 2.42. The van der Waals surface area contributed by atoms with Gasteiger partial charge in [0.05, 0.1) is 10.6 Å². The van der Waals surface area contributed by atoms with Gasteiger partial charge in [0, 0.05) is 66.1 Å². The van der Waals surface area contributed by atoms with Crippen LogP contribution in [0.2, 0.25) is 0 Å². The van der Waals surface area contributed by atoms with E-state index < -0.39 is 16.4 Å². The second-order valence-electron chi connectivity index (χ2n) is 14.8. The number of benzene rings is 2. The van der Waals surface area contributed by atoms with Gasteiger partial charge >= 0.3 is 0 Å². The Morgan fingerprint density at radius 1 is 0.478 bits per heavy atom. The predicted octanol–water partition coefficient (Wildman–Crippen LogP) is 9.99. The SMILES string of the molecule is CC(C)(C)c1cc(P(n2cccc2)n2cccc2)c2c(c1)C(C)(C)c1cc(C(C)(C)C)cc(P(n3cccc3)n3cccc3)c1O2. The molecule has 236 valence electrons. The molecular weight excluding hydrogens is 602 g/mol. The summed E-state index contributed by atoms with van der Waals surface area (Å²) in [6, 6.07) is 26.6. The lowest BCUT2D eigenvalue weighted by molar-refractivity contribution is 0.421. The molecule has 46 heavy (non-hydrogen) atoms. The summed E-state index contributed by atoms with van der Waals surface area (Å²) in [6.07, 6.45) is 17.5. The first-order valence-corrected chi connectivity index (χ1v) is 18.5. The molecule has 0 spiro atoms. The van der Waals surface area contributed by atoms with Crippen molar-refractivity contribution in [3.8, 4) is 11.5 Å². The number of ether oxygens (including phenoxy) is 1. The second kappa shape index (κ2) is 11.2. The summed E-state index contributed by atoms with van der Waals surface area (Å²) < 4.78 is 16.8. The molecule has 0 unspecified atom stereocenters. The van der Waals surface area contributed by atoms with Crippen LogP contribution in [0, 0.1) is 0 Å². The fourth-order valence-corrected chi connectivity index (χ4v) is 10.6. The van der Waals surface area contributed by atoms with E-state index in [1.54, 1.807) is 0 Å². The summed E-state index contributed by atoms with van der Waals surface area (Å²) in [5.41, 5.74) is 4.76. The number of hydrogen-bond acceptors (Lipinski definition) is 1. The average Bonchev–Trinajstić information content (AvgIpc) is 3.82. The maximum atomic E-state index is 7.44. The van der Waals surface area contributed by atoms with Gasteiger partial charge in [0.1, 0.15) is 27.9 Å². The van der Waals surface area contributed by atoms with E-state index in [1.165, 1.54) is 32.9 Å². The van der Waals surface area contributed by atoms with Crippen LogP contribution in [-0.4, -0.2) is 17.4 Å². The summed E-state index contributed by atoms with van der Waals surface area (Å²) in [6.45, 7) is 18.7. The van der Waals surface area contributed by atoms with Crippen LogP contribution < -0.4 is 15.3 Å². The lowest BCUT2D eigenvalue weighted by atomic mass is 9.72. The van der Waals surface area contributed by atoms with E-state index in [4.69, 9.17) is 4.74 Å². The van der Waals surface area contributed by atoms with Gasteiger partial charge in [0.25, 0.3) is 0 Å². The third kappa shape index (κ3) is 5.28. The Balaban J connectivity index is 1.55. The molecule has 0 bridgehead atoms. The Labute approximate surface area is 276 Å². The maximum Gasteiger partial charge on any atom is 0.142 e. The summed E-state index contributed by atoms with van der Waals surface area (Å²) in [7, 11) is -2.00. The maximum absolute atomic E-state index is 7.44. The van der Waals surface area contributed by atoms with Crippen molar-refractivity contribution >= 4 is 27.1 Å². The molecule has 7 rings (SSSR count). The van der Waals surface area contributed by atoms with E-state index in [-0.39, 0.29) is 16.2 Å². The van der Waals surface area contributed by atoms with E-state index in [0.29, 0.717) is 0 Å². The Hall–Kier alpha value is -3.78. The van der Waals surface area contributed by atoms with Crippen molar-refractivity contribution in [2.75, 3.05) is 0 Å². The molecule has 0 atom stereocenters. The minimum Gasteiger partial charge on any atom is -0.455 e. The van der Waals surface area contributed by atoms with Gasteiger partial charge in [-0.05, 0) is 82.6 Å². The van der Waals surface area contributed by atoms with Crippen molar-refractivity contribution in [3.63, 3.8) is 0 Å². The number of fused-ring (bicyclic) bond motifs is 2. The van der Waals surface area contributed by atoms with Gasteiger partial charge in [-0.1, -0.05) is 67.5 Å². The van der Waals surface area contributed by atoms with Gasteiger partial charge in [-0.15, -0.1) is 0 Å². The van der Waals surface area contributed by atoms with Crippen LogP contribution in [0.5, 0.6) is 11.5 Å². The van der Waals surface area contributed by atoms with Crippen molar-refractivity contribution in [1.29, 1.82) is 0 Å². The van der Waals surface area contributed by atoms with Crippen LogP contribution in [-0.2, 0) is 16.2 Å². The summed E-state index contributed by atoms with van der Waals surface area (Å²) in [5, 5.41) is 2.45. The van der Waals surface area contributed by atoms with Crippen molar-refractivity contribution < 1.29 is 4.74 Å². The predicted molar refractivity (Wildman–Crippen MR) is 195 cm³/mol. The molecule has 0 saturated carbocycles. The summed E-state index contributed by atoms with van der Waals surface area (Å²) in [4.78, 5) is 0. The molecule has 0 fully saturated rings. The average molecular weight is 647 g/mol. The van der Waals surface area contributed by atoms with Crippen LogP contribution >= 0.6 is 16.4 Å². The Kier molecular flexibility index (Phi) is 7.50. The smallest absolute Gasteiger partial charge is 0.142 e. The first-order valence-electron chi connectivity index (χ1n) is 16.0. The molecular formula is C39H44N4OP2. The molecule has 0 aliphatic carbocycles. The van der Waals surface area contributed by atoms with Crippen molar-refractivity contribution in [2.45, 2.75) is 71.6 Å². The van der Waals surface area contributed by atoms with Crippen molar-refractivity contribution in [1.82, 2.24) is 17.4 Å². The number of aromatic nitrogens is 4. The highest BCUT2D eigenvalue weighted by atomic mass is 31.1. The first kappa shape index (κ1) is 30.9. The van der Waals surface area contributed by atoms with Gasteiger partial charge in [-0.25, -0.2) is 0 Å². The van der Waals surface area contributed by atoms with E-state index in [1.807, 2.05) is 0 Å². The van der Waals surface area contributed by atoms with Crippen LogP contribution in [0.3, 0.4) is 0 Å². The zero-order valence-corrected chi connectivity index (χ0v) is 29.9. The normalized spacial score (nSPS) is 14.4. The lowest BCUT2D eigenvalue weighted by Gasteiger charge is -2.40. The molecule has 6 aromatic rings. The van der Waals surface area contributed by atoms with Crippen molar-refractivity contribution in [2.24, 2.45) is 0 Å². The third-order valence-corrected chi connectivity index (χ3v) is 13.4. The van der Waals surface area contributed by atoms with Gasteiger partial charge in [-0.3, -0.25) is 0 Å². The Morgan fingerprint density at radius 2 is 0.761 bits per heavy atom. The minimum absolute atomic E-state index is 0.0376. The van der Waals surface area contributed by atoms with Gasteiger partial charge in [-0.2, -0.15) is 0 Å². The van der Waals surface area contributed by atoms with Crippen molar-refractivity contribution in [3.05, 3.63) is 145 Å².